The van der Waals surface area contributed by atoms with E-state index in [2.05, 4.69) is 27.1 Å². The second kappa shape index (κ2) is 6.70. The molecule has 0 aromatic carbocycles. The second-order valence-corrected chi connectivity index (χ2v) is 5.39. The van der Waals surface area contributed by atoms with E-state index in [1.165, 1.54) is 12.8 Å². The third kappa shape index (κ3) is 3.80. The molecule has 0 amide bonds. The fourth-order valence-electron chi connectivity index (χ4n) is 2.48. The molecule has 1 fully saturated rings. The molecular weight excluding hydrogens is 240 g/mol. The Kier molecular flexibility index (Phi) is 4.96. The SMILES string of the molecule is CC[C@H](CO)Nc1cc(N2CCCC(C)C2)ncn1. The molecule has 1 aliphatic rings. The fourth-order valence-corrected chi connectivity index (χ4v) is 2.48. The minimum absolute atomic E-state index is 0.0584. The van der Waals surface area contributed by atoms with Gasteiger partial charge in [-0.3, -0.25) is 0 Å². The molecule has 0 bridgehead atoms. The van der Waals surface area contributed by atoms with Crippen LogP contribution in [0.5, 0.6) is 0 Å². The van der Waals surface area contributed by atoms with Gasteiger partial charge >= 0.3 is 0 Å². The molecule has 2 heterocycles. The van der Waals surface area contributed by atoms with Gasteiger partial charge in [0.1, 0.15) is 18.0 Å². The normalized spacial score (nSPS) is 21.2. The number of piperidine rings is 1. The quantitative estimate of drug-likeness (QED) is 0.850. The highest BCUT2D eigenvalue weighted by atomic mass is 16.3. The number of hydrogen-bond donors (Lipinski definition) is 2. The van der Waals surface area contributed by atoms with E-state index < -0.39 is 0 Å². The predicted octanol–water partition coefficient (Wildman–Crippen LogP) is 1.90. The van der Waals surface area contributed by atoms with E-state index in [-0.39, 0.29) is 12.6 Å². The number of aliphatic hydroxyl groups is 1. The van der Waals surface area contributed by atoms with Gasteiger partial charge in [-0.1, -0.05) is 13.8 Å². The summed E-state index contributed by atoms with van der Waals surface area (Å²) in [4.78, 5) is 10.9. The van der Waals surface area contributed by atoms with E-state index in [1.807, 2.05) is 13.0 Å². The van der Waals surface area contributed by atoms with Crippen LogP contribution in [-0.4, -0.2) is 40.8 Å². The van der Waals surface area contributed by atoms with Crippen molar-refractivity contribution < 1.29 is 5.11 Å². The second-order valence-electron chi connectivity index (χ2n) is 5.39. The van der Waals surface area contributed by atoms with E-state index in [0.29, 0.717) is 0 Å². The molecular formula is C14H24N4O. The Balaban J connectivity index is 2.05. The van der Waals surface area contributed by atoms with Crippen LogP contribution < -0.4 is 10.2 Å². The lowest BCUT2D eigenvalue weighted by atomic mass is 10.0. The maximum Gasteiger partial charge on any atom is 0.134 e. The van der Waals surface area contributed by atoms with Gasteiger partial charge in [-0.2, -0.15) is 0 Å². The molecule has 5 heteroatoms. The lowest BCUT2D eigenvalue weighted by Crippen LogP contribution is -2.35. The van der Waals surface area contributed by atoms with Gasteiger partial charge < -0.3 is 15.3 Å². The summed E-state index contributed by atoms with van der Waals surface area (Å²) in [5.74, 6) is 2.50. The maximum absolute atomic E-state index is 9.22. The van der Waals surface area contributed by atoms with Gasteiger partial charge in [0.05, 0.1) is 12.6 Å². The lowest BCUT2D eigenvalue weighted by Gasteiger charge is -2.32. The summed E-state index contributed by atoms with van der Waals surface area (Å²) in [6, 6.07) is 2.04. The molecule has 19 heavy (non-hydrogen) atoms. The van der Waals surface area contributed by atoms with Crippen molar-refractivity contribution in [1.29, 1.82) is 0 Å². The van der Waals surface area contributed by atoms with Gasteiger partial charge in [0.2, 0.25) is 0 Å². The number of anilines is 2. The summed E-state index contributed by atoms with van der Waals surface area (Å²) in [5.41, 5.74) is 0. The van der Waals surface area contributed by atoms with E-state index in [4.69, 9.17) is 0 Å². The molecule has 2 atom stereocenters. The Morgan fingerprint density at radius 2 is 2.37 bits per heavy atom. The predicted molar refractivity (Wildman–Crippen MR) is 77.4 cm³/mol. The van der Waals surface area contributed by atoms with Gasteiger partial charge in [0, 0.05) is 19.2 Å². The van der Waals surface area contributed by atoms with Crippen LogP contribution in [0.2, 0.25) is 0 Å². The standard InChI is InChI=1S/C14H24N4O/c1-3-12(9-19)17-13-7-14(16-10-15-13)18-6-4-5-11(2)8-18/h7,10-12,19H,3-6,8-9H2,1-2H3,(H,15,16,17)/t11?,12-/m1/s1. The largest absolute Gasteiger partial charge is 0.394 e. The van der Waals surface area contributed by atoms with Crippen molar-refractivity contribution in [1.82, 2.24) is 9.97 Å². The van der Waals surface area contributed by atoms with Gasteiger partial charge in [0.15, 0.2) is 0 Å². The highest BCUT2D eigenvalue weighted by Crippen LogP contribution is 2.22. The average Bonchev–Trinajstić information content (AvgIpc) is 2.45. The van der Waals surface area contributed by atoms with Crippen molar-refractivity contribution in [2.45, 2.75) is 39.2 Å². The molecule has 1 aromatic heterocycles. The Labute approximate surface area is 115 Å². The van der Waals surface area contributed by atoms with Crippen LogP contribution in [-0.2, 0) is 0 Å². The van der Waals surface area contributed by atoms with Crippen LogP contribution in [0.3, 0.4) is 0 Å². The van der Waals surface area contributed by atoms with Crippen LogP contribution in [0.1, 0.15) is 33.1 Å². The van der Waals surface area contributed by atoms with Crippen LogP contribution >= 0.6 is 0 Å². The van der Waals surface area contributed by atoms with E-state index in [1.54, 1.807) is 6.33 Å². The first-order valence-corrected chi connectivity index (χ1v) is 7.17. The topological polar surface area (TPSA) is 61.3 Å². The first-order chi connectivity index (χ1) is 9.22. The van der Waals surface area contributed by atoms with Crippen LogP contribution in [0.4, 0.5) is 11.6 Å². The summed E-state index contributed by atoms with van der Waals surface area (Å²) in [5, 5.41) is 12.5. The molecule has 2 N–H and O–H groups in total. The number of rotatable bonds is 5. The molecule has 1 unspecified atom stereocenters. The molecule has 2 rings (SSSR count). The summed E-state index contributed by atoms with van der Waals surface area (Å²) >= 11 is 0. The van der Waals surface area contributed by atoms with Crippen LogP contribution in [0.15, 0.2) is 12.4 Å². The highest BCUT2D eigenvalue weighted by Gasteiger charge is 2.18. The van der Waals surface area contributed by atoms with Gasteiger partial charge in [-0.15, -0.1) is 0 Å². The zero-order chi connectivity index (χ0) is 13.7. The van der Waals surface area contributed by atoms with Crippen molar-refractivity contribution in [2.24, 2.45) is 5.92 Å². The van der Waals surface area contributed by atoms with E-state index >= 15 is 0 Å². The Hall–Kier alpha value is -1.36. The minimum Gasteiger partial charge on any atom is -0.394 e. The first kappa shape index (κ1) is 14.1. The Morgan fingerprint density at radius 3 is 3.05 bits per heavy atom. The van der Waals surface area contributed by atoms with Crippen LogP contribution in [0.25, 0.3) is 0 Å². The third-order valence-electron chi connectivity index (χ3n) is 3.70. The van der Waals surface area contributed by atoms with Crippen molar-refractivity contribution in [3.05, 3.63) is 12.4 Å². The molecule has 1 aliphatic heterocycles. The molecule has 1 saturated heterocycles. The number of nitrogens with zero attached hydrogens (tertiary/aromatic N) is 3. The minimum atomic E-state index is 0.0584. The van der Waals surface area contributed by atoms with Gasteiger partial charge in [-0.05, 0) is 25.2 Å². The maximum atomic E-state index is 9.22. The third-order valence-corrected chi connectivity index (χ3v) is 3.70. The van der Waals surface area contributed by atoms with Gasteiger partial charge in [-0.25, -0.2) is 9.97 Å². The molecule has 5 nitrogen and oxygen atoms in total. The Morgan fingerprint density at radius 1 is 1.53 bits per heavy atom. The summed E-state index contributed by atoms with van der Waals surface area (Å²) in [7, 11) is 0. The number of nitrogens with one attached hydrogen (secondary N) is 1. The monoisotopic (exact) mass is 264 g/mol. The molecule has 0 radical (unpaired) electrons. The molecule has 0 saturated carbocycles. The summed E-state index contributed by atoms with van der Waals surface area (Å²) in [6.07, 6.45) is 4.99. The van der Waals surface area contributed by atoms with Gasteiger partial charge in [0.25, 0.3) is 0 Å². The zero-order valence-electron chi connectivity index (χ0n) is 11.8. The first-order valence-electron chi connectivity index (χ1n) is 7.17. The van der Waals surface area contributed by atoms with Crippen molar-refractivity contribution in [2.75, 3.05) is 29.9 Å². The van der Waals surface area contributed by atoms with E-state index in [0.717, 1.165) is 37.1 Å². The summed E-state index contributed by atoms with van der Waals surface area (Å²) < 4.78 is 0. The van der Waals surface area contributed by atoms with Crippen LogP contribution in [0, 0.1) is 5.92 Å². The van der Waals surface area contributed by atoms with Crippen molar-refractivity contribution >= 4 is 11.6 Å². The Bertz CT molecular complexity index is 395. The highest BCUT2D eigenvalue weighted by molar-refractivity contribution is 5.49. The summed E-state index contributed by atoms with van der Waals surface area (Å²) in [6.45, 7) is 6.58. The van der Waals surface area contributed by atoms with Crippen molar-refractivity contribution in [3.8, 4) is 0 Å². The molecule has 106 valence electrons. The number of aliphatic hydroxyl groups excluding tert-OH is 1. The number of aromatic nitrogens is 2. The molecule has 0 aliphatic carbocycles. The molecule has 1 aromatic rings. The van der Waals surface area contributed by atoms with E-state index in [9.17, 15) is 5.11 Å². The zero-order valence-corrected chi connectivity index (χ0v) is 11.8. The number of hydrogen-bond acceptors (Lipinski definition) is 5. The average molecular weight is 264 g/mol. The molecule has 0 spiro atoms. The smallest absolute Gasteiger partial charge is 0.134 e. The lowest BCUT2D eigenvalue weighted by molar-refractivity contribution is 0.271. The van der Waals surface area contributed by atoms with Crippen molar-refractivity contribution in [3.63, 3.8) is 0 Å². The fraction of sp³-hybridized carbons (Fsp3) is 0.714.